The van der Waals surface area contributed by atoms with Crippen LogP contribution in [0.4, 0.5) is 0 Å². The second-order valence-electron chi connectivity index (χ2n) is 7.72. The van der Waals surface area contributed by atoms with Gasteiger partial charge in [-0.25, -0.2) is 4.79 Å². The largest absolute Gasteiger partial charge is 0.478 e. The van der Waals surface area contributed by atoms with Crippen LogP contribution in [-0.2, 0) is 13.1 Å². The molecular weight excluding hydrogens is 396 g/mol. The standard InChI is InChI=1S/C25H25ClN2O2/c26-23-11-9-20(10-12-23)24-4-2-1-3-22(24)18-28-15-13-27(14-16-28)17-19-5-7-21(8-6-19)25(29)30/h1-12H,13-18H2,(H,29,30). The summed E-state index contributed by atoms with van der Waals surface area (Å²) in [5, 5.41) is 9.78. The topological polar surface area (TPSA) is 43.8 Å². The zero-order chi connectivity index (χ0) is 20.9. The highest BCUT2D eigenvalue weighted by Gasteiger charge is 2.18. The predicted molar refractivity (Wildman–Crippen MR) is 121 cm³/mol. The van der Waals surface area contributed by atoms with Gasteiger partial charge in [0.2, 0.25) is 0 Å². The number of piperazine rings is 1. The molecule has 1 N–H and O–H groups in total. The molecule has 30 heavy (non-hydrogen) atoms. The molecule has 1 saturated heterocycles. The van der Waals surface area contributed by atoms with E-state index < -0.39 is 5.97 Å². The number of halogens is 1. The van der Waals surface area contributed by atoms with E-state index in [0.717, 1.165) is 49.9 Å². The lowest BCUT2D eigenvalue weighted by Crippen LogP contribution is -2.45. The Balaban J connectivity index is 1.35. The van der Waals surface area contributed by atoms with E-state index in [0.29, 0.717) is 5.56 Å². The van der Waals surface area contributed by atoms with E-state index in [1.54, 1.807) is 12.1 Å². The minimum atomic E-state index is -0.881. The maximum Gasteiger partial charge on any atom is 0.335 e. The first kappa shape index (κ1) is 20.6. The van der Waals surface area contributed by atoms with Crippen molar-refractivity contribution in [1.29, 1.82) is 0 Å². The summed E-state index contributed by atoms with van der Waals surface area (Å²) in [6.45, 7) is 5.83. The van der Waals surface area contributed by atoms with Crippen molar-refractivity contribution in [2.24, 2.45) is 0 Å². The monoisotopic (exact) mass is 420 g/mol. The minimum absolute atomic E-state index is 0.336. The quantitative estimate of drug-likeness (QED) is 0.607. The third-order valence-corrected chi connectivity index (χ3v) is 5.89. The van der Waals surface area contributed by atoms with E-state index in [1.807, 2.05) is 24.3 Å². The van der Waals surface area contributed by atoms with Gasteiger partial charge in [-0.15, -0.1) is 0 Å². The summed E-state index contributed by atoms with van der Waals surface area (Å²) in [4.78, 5) is 15.9. The number of hydrogen-bond donors (Lipinski definition) is 1. The molecule has 154 valence electrons. The predicted octanol–water partition coefficient (Wildman–Crippen LogP) is 5.02. The molecule has 0 atom stereocenters. The minimum Gasteiger partial charge on any atom is -0.478 e. The lowest BCUT2D eigenvalue weighted by molar-refractivity contribution is 0.0697. The van der Waals surface area contributed by atoms with Gasteiger partial charge >= 0.3 is 5.97 Å². The summed E-state index contributed by atoms with van der Waals surface area (Å²) in [5.74, 6) is -0.881. The van der Waals surface area contributed by atoms with Crippen LogP contribution in [0.15, 0.2) is 72.8 Å². The van der Waals surface area contributed by atoms with Gasteiger partial charge in [-0.05, 0) is 46.5 Å². The van der Waals surface area contributed by atoms with E-state index in [9.17, 15) is 4.79 Å². The fourth-order valence-corrected chi connectivity index (χ4v) is 4.05. The van der Waals surface area contributed by atoms with Crippen LogP contribution in [0.25, 0.3) is 11.1 Å². The Labute approximate surface area is 182 Å². The van der Waals surface area contributed by atoms with Crippen LogP contribution in [0.3, 0.4) is 0 Å². The Hall–Kier alpha value is -2.66. The maximum atomic E-state index is 11.0. The SMILES string of the molecule is O=C(O)c1ccc(CN2CCN(Cc3ccccc3-c3ccc(Cl)cc3)CC2)cc1. The average Bonchev–Trinajstić information content (AvgIpc) is 2.77. The highest BCUT2D eigenvalue weighted by molar-refractivity contribution is 6.30. The average molecular weight is 421 g/mol. The van der Waals surface area contributed by atoms with Crippen LogP contribution in [0.1, 0.15) is 21.5 Å². The number of carbonyl (C=O) groups is 1. The van der Waals surface area contributed by atoms with Crippen molar-refractivity contribution in [1.82, 2.24) is 9.80 Å². The number of hydrogen-bond acceptors (Lipinski definition) is 3. The summed E-state index contributed by atoms with van der Waals surface area (Å²) < 4.78 is 0. The van der Waals surface area contributed by atoms with Gasteiger partial charge in [-0.1, -0.05) is 60.1 Å². The molecule has 1 aliphatic heterocycles. The summed E-state index contributed by atoms with van der Waals surface area (Å²) in [6, 6.07) is 23.8. The molecule has 0 radical (unpaired) electrons. The third-order valence-electron chi connectivity index (χ3n) is 5.64. The van der Waals surface area contributed by atoms with Crippen molar-refractivity contribution >= 4 is 17.6 Å². The fourth-order valence-electron chi connectivity index (χ4n) is 3.93. The lowest BCUT2D eigenvalue weighted by atomic mass is 9.99. The molecule has 0 bridgehead atoms. The summed E-state index contributed by atoms with van der Waals surface area (Å²) in [5.41, 5.74) is 5.27. The molecule has 1 fully saturated rings. The molecule has 4 nitrogen and oxygen atoms in total. The number of carboxylic acids is 1. The molecule has 0 spiro atoms. The molecule has 3 aromatic rings. The first-order valence-corrected chi connectivity index (χ1v) is 10.6. The van der Waals surface area contributed by atoms with E-state index in [-0.39, 0.29) is 0 Å². The summed E-state index contributed by atoms with van der Waals surface area (Å²) in [7, 11) is 0. The fraction of sp³-hybridized carbons (Fsp3) is 0.240. The van der Waals surface area contributed by atoms with Crippen molar-refractivity contribution in [3.8, 4) is 11.1 Å². The van der Waals surface area contributed by atoms with Gasteiger partial charge in [-0.2, -0.15) is 0 Å². The number of nitrogens with zero attached hydrogens (tertiary/aromatic N) is 2. The van der Waals surface area contributed by atoms with Crippen molar-refractivity contribution in [2.75, 3.05) is 26.2 Å². The lowest BCUT2D eigenvalue weighted by Gasteiger charge is -2.35. The molecule has 0 aliphatic carbocycles. The zero-order valence-electron chi connectivity index (χ0n) is 16.8. The van der Waals surface area contributed by atoms with Crippen LogP contribution in [-0.4, -0.2) is 47.1 Å². The van der Waals surface area contributed by atoms with E-state index in [2.05, 4.69) is 46.2 Å². The number of carboxylic acid groups (broad SMARTS) is 1. The highest BCUT2D eigenvalue weighted by Crippen LogP contribution is 2.26. The van der Waals surface area contributed by atoms with Gasteiger partial charge in [0, 0.05) is 44.3 Å². The number of rotatable bonds is 6. The van der Waals surface area contributed by atoms with Crippen molar-refractivity contribution in [2.45, 2.75) is 13.1 Å². The highest BCUT2D eigenvalue weighted by atomic mass is 35.5. The molecule has 0 aromatic heterocycles. The van der Waals surface area contributed by atoms with E-state index in [4.69, 9.17) is 16.7 Å². The van der Waals surface area contributed by atoms with Crippen LogP contribution in [0.2, 0.25) is 5.02 Å². The summed E-state index contributed by atoms with van der Waals surface area (Å²) >= 11 is 6.05. The Bertz CT molecular complexity index is 994. The third kappa shape index (κ3) is 5.08. The Morgan fingerprint density at radius 2 is 1.40 bits per heavy atom. The molecule has 5 heteroatoms. The second kappa shape index (κ2) is 9.43. The normalized spacial score (nSPS) is 15.2. The van der Waals surface area contributed by atoms with E-state index in [1.165, 1.54) is 16.7 Å². The number of aromatic carboxylic acids is 1. The van der Waals surface area contributed by atoms with Crippen LogP contribution < -0.4 is 0 Å². The molecule has 1 heterocycles. The maximum absolute atomic E-state index is 11.0. The Morgan fingerprint density at radius 3 is 2.03 bits per heavy atom. The zero-order valence-corrected chi connectivity index (χ0v) is 17.6. The molecule has 3 aromatic carbocycles. The Morgan fingerprint density at radius 1 is 0.800 bits per heavy atom. The van der Waals surface area contributed by atoms with Crippen molar-refractivity contribution in [3.05, 3.63) is 94.5 Å². The first-order valence-electron chi connectivity index (χ1n) is 10.2. The second-order valence-corrected chi connectivity index (χ2v) is 8.15. The molecule has 4 rings (SSSR count). The van der Waals surface area contributed by atoms with Crippen LogP contribution in [0.5, 0.6) is 0 Å². The molecule has 0 unspecified atom stereocenters. The molecule has 1 aliphatic rings. The van der Waals surface area contributed by atoms with Gasteiger partial charge in [0.25, 0.3) is 0 Å². The van der Waals surface area contributed by atoms with Gasteiger partial charge in [0.15, 0.2) is 0 Å². The number of benzene rings is 3. The molecule has 0 saturated carbocycles. The first-order chi connectivity index (χ1) is 14.6. The summed E-state index contributed by atoms with van der Waals surface area (Å²) in [6.07, 6.45) is 0. The van der Waals surface area contributed by atoms with Crippen molar-refractivity contribution < 1.29 is 9.90 Å². The van der Waals surface area contributed by atoms with Crippen LogP contribution >= 0.6 is 11.6 Å². The Kier molecular flexibility index (Phi) is 6.48. The van der Waals surface area contributed by atoms with Crippen molar-refractivity contribution in [3.63, 3.8) is 0 Å². The van der Waals surface area contributed by atoms with E-state index >= 15 is 0 Å². The molecular formula is C25H25ClN2O2. The van der Waals surface area contributed by atoms with Gasteiger partial charge in [0.1, 0.15) is 0 Å². The van der Waals surface area contributed by atoms with Crippen LogP contribution in [0, 0.1) is 0 Å². The van der Waals surface area contributed by atoms with Gasteiger partial charge < -0.3 is 5.11 Å². The molecule has 0 amide bonds. The van der Waals surface area contributed by atoms with Gasteiger partial charge in [0.05, 0.1) is 5.56 Å². The smallest absolute Gasteiger partial charge is 0.335 e. The van der Waals surface area contributed by atoms with Gasteiger partial charge in [-0.3, -0.25) is 9.80 Å².